The minimum Gasteiger partial charge on any atom is -0.497 e. The summed E-state index contributed by atoms with van der Waals surface area (Å²) in [4.78, 5) is 25.1. The number of aryl methyl sites for hydroxylation is 1. The number of nitrogens with zero attached hydrogens (tertiary/aromatic N) is 1. The van der Waals surface area contributed by atoms with E-state index < -0.39 is 11.9 Å². The van der Waals surface area contributed by atoms with Crippen LogP contribution in [-0.4, -0.2) is 31.8 Å². The van der Waals surface area contributed by atoms with Crippen molar-refractivity contribution < 1.29 is 23.8 Å². The van der Waals surface area contributed by atoms with Crippen molar-refractivity contribution in [2.45, 2.75) is 26.2 Å². The molecule has 0 aliphatic rings. The summed E-state index contributed by atoms with van der Waals surface area (Å²) in [7, 11) is 1.56. The Morgan fingerprint density at radius 2 is 1.63 bits per heavy atom. The fraction of sp³-hybridized carbons (Fsp3) is 0.194. The molecule has 4 rings (SSSR count). The SMILES string of the molecule is CCCCc1ccc(OCC(=O)N/N=C/c2c(OC(=O)c3ccc(OC)cc3)ccc3ccccc23)cc1. The normalized spacial score (nSPS) is 10.9. The number of hydrogen-bond donors (Lipinski definition) is 1. The highest BCUT2D eigenvalue weighted by molar-refractivity contribution is 6.04. The zero-order valence-electron chi connectivity index (χ0n) is 21.5. The Kier molecular flexibility index (Phi) is 9.07. The number of carbonyl (C=O) groups excluding carboxylic acids is 2. The molecule has 0 unspecified atom stereocenters. The molecule has 0 radical (unpaired) electrons. The lowest BCUT2D eigenvalue weighted by Crippen LogP contribution is -2.24. The van der Waals surface area contributed by atoms with Gasteiger partial charge in [0, 0.05) is 5.56 Å². The van der Waals surface area contributed by atoms with Gasteiger partial charge in [-0.1, -0.05) is 55.8 Å². The number of unbranched alkanes of at least 4 members (excludes halogenated alkanes) is 1. The highest BCUT2D eigenvalue weighted by Gasteiger charge is 2.14. The highest BCUT2D eigenvalue weighted by atomic mass is 16.5. The first kappa shape index (κ1) is 26.4. The van der Waals surface area contributed by atoms with Crippen LogP contribution in [0.2, 0.25) is 0 Å². The Morgan fingerprint density at radius 1 is 0.895 bits per heavy atom. The van der Waals surface area contributed by atoms with Crippen molar-refractivity contribution in [3.8, 4) is 17.2 Å². The first-order valence-corrected chi connectivity index (χ1v) is 12.5. The molecule has 1 N–H and O–H groups in total. The van der Waals surface area contributed by atoms with Crippen molar-refractivity contribution in [1.82, 2.24) is 5.43 Å². The summed E-state index contributed by atoms with van der Waals surface area (Å²) >= 11 is 0. The molecule has 194 valence electrons. The molecule has 7 heteroatoms. The number of carbonyl (C=O) groups is 2. The van der Waals surface area contributed by atoms with Gasteiger partial charge in [0.1, 0.15) is 17.2 Å². The van der Waals surface area contributed by atoms with E-state index in [1.165, 1.54) is 11.8 Å². The Bertz CT molecular complexity index is 1410. The smallest absolute Gasteiger partial charge is 0.343 e. The summed E-state index contributed by atoms with van der Waals surface area (Å²) in [6.45, 7) is 1.98. The van der Waals surface area contributed by atoms with Crippen LogP contribution in [0.4, 0.5) is 0 Å². The van der Waals surface area contributed by atoms with E-state index >= 15 is 0 Å². The summed E-state index contributed by atoms with van der Waals surface area (Å²) in [5.41, 5.74) is 4.67. The summed E-state index contributed by atoms with van der Waals surface area (Å²) in [5.74, 6) is 0.654. The number of amides is 1. The monoisotopic (exact) mass is 510 g/mol. The Hall–Kier alpha value is -4.65. The molecule has 7 nitrogen and oxygen atoms in total. The zero-order chi connectivity index (χ0) is 26.7. The van der Waals surface area contributed by atoms with Crippen LogP contribution in [0.15, 0.2) is 90.0 Å². The molecule has 0 bridgehead atoms. The number of rotatable bonds is 11. The molecule has 0 saturated heterocycles. The van der Waals surface area contributed by atoms with Gasteiger partial charge >= 0.3 is 5.97 Å². The van der Waals surface area contributed by atoms with Gasteiger partial charge in [-0.2, -0.15) is 5.10 Å². The van der Waals surface area contributed by atoms with Gasteiger partial charge in [0.2, 0.25) is 0 Å². The van der Waals surface area contributed by atoms with Crippen molar-refractivity contribution in [2.24, 2.45) is 5.10 Å². The number of hydrazone groups is 1. The minimum atomic E-state index is -0.518. The van der Waals surface area contributed by atoms with E-state index in [0.29, 0.717) is 28.4 Å². The Balaban J connectivity index is 1.43. The lowest BCUT2D eigenvalue weighted by Gasteiger charge is -2.11. The van der Waals surface area contributed by atoms with E-state index in [1.807, 2.05) is 54.6 Å². The second kappa shape index (κ2) is 13.1. The highest BCUT2D eigenvalue weighted by Crippen LogP contribution is 2.27. The second-order valence-corrected chi connectivity index (χ2v) is 8.65. The molecule has 0 heterocycles. The van der Waals surface area contributed by atoms with Gasteiger partial charge in [0.25, 0.3) is 5.91 Å². The number of nitrogens with one attached hydrogen (secondary N) is 1. The summed E-state index contributed by atoms with van der Waals surface area (Å²) in [6, 6.07) is 25.6. The molecule has 4 aromatic carbocycles. The number of benzene rings is 4. The lowest BCUT2D eigenvalue weighted by atomic mass is 10.0. The molecular formula is C31H30N2O5. The first-order chi connectivity index (χ1) is 18.6. The van der Waals surface area contributed by atoms with Gasteiger partial charge in [-0.3, -0.25) is 4.79 Å². The van der Waals surface area contributed by atoms with Gasteiger partial charge in [0.05, 0.1) is 18.9 Å². The second-order valence-electron chi connectivity index (χ2n) is 8.65. The van der Waals surface area contributed by atoms with E-state index in [9.17, 15) is 9.59 Å². The maximum atomic E-state index is 12.8. The molecule has 38 heavy (non-hydrogen) atoms. The van der Waals surface area contributed by atoms with Crippen molar-refractivity contribution in [3.63, 3.8) is 0 Å². The number of ether oxygens (including phenoxy) is 3. The lowest BCUT2D eigenvalue weighted by molar-refractivity contribution is -0.123. The van der Waals surface area contributed by atoms with E-state index in [2.05, 4.69) is 17.5 Å². The molecule has 1 amide bonds. The van der Waals surface area contributed by atoms with E-state index in [0.717, 1.165) is 30.0 Å². The third-order valence-electron chi connectivity index (χ3n) is 5.95. The van der Waals surface area contributed by atoms with Crippen LogP contribution in [0.3, 0.4) is 0 Å². The largest absolute Gasteiger partial charge is 0.497 e. The summed E-state index contributed by atoms with van der Waals surface area (Å²) in [6.07, 6.45) is 4.78. The quantitative estimate of drug-likeness (QED) is 0.117. The zero-order valence-corrected chi connectivity index (χ0v) is 21.5. The topological polar surface area (TPSA) is 86.2 Å². The molecule has 0 aliphatic carbocycles. The summed E-state index contributed by atoms with van der Waals surface area (Å²) in [5, 5.41) is 5.87. The van der Waals surface area contributed by atoms with E-state index in [1.54, 1.807) is 37.4 Å². The van der Waals surface area contributed by atoms with Crippen LogP contribution in [-0.2, 0) is 11.2 Å². The maximum absolute atomic E-state index is 12.8. The van der Waals surface area contributed by atoms with Crippen molar-refractivity contribution in [1.29, 1.82) is 0 Å². The first-order valence-electron chi connectivity index (χ1n) is 12.5. The molecule has 0 atom stereocenters. The third kappa shape index (κ3) is 6.97. The fourth-order valence-corrected chi connectivity index (χ4v) is 3.87. The Morgan fingerprint density at radius 3 is 2.37 bits per heavy atom. The molecular weight excluding hydrogens is 480 g/mol. The van der Waals surface area contributed by atoms with Gasteiger partial charge in [-0.25, -0.2) is 10.2 Å². The number of hydrogen-bond acceptors (Lipinski definition) is 6. The van der Waals surface area contributed by atoms with Gasteiger partial charge in [0.15, 0.2) is 6.61 Å². The van der Waals surface area contributed by atoms with Gasteiger partial charge < -0.3 is 14.2 Å². The van der Waals surface area contributed by atoms with Crippen LogP contribution in [0.1, 0.15) is 41.3 Å². The van der Waals surface area contributed by atoms with Crippen molar-refractivity contribution in [3.05, 3.63) is 102 Å². The average molecular weight is 511 g/mol. The molecule has 0 spiro atoms. The molecule has 0 saturated carbocycles. The number of esters is 1. The standard InChI is InChI=1S/C31H30N2O5/c1-3-4-7-22-10-15-26(16-11-22)37-21-30(34)33-32-20-28-27-9-6-5-8-23(27)14-19-29(28)38-31(35)24-12-17-25(36-2)18-13-24/h5-6,8-20H,3-4,7,21H2,1-2H3,(H,33,34)/b32-20+. The van der Waals surface area contributed by atoms with Crippen LogP contribution >= 0.6 is 0 Å². The Labute approximate surface area is 222 Å². The van der Waals surface area contributed by atoms with Gasteiger partial charge in [-0.05, 0) is 71.6 Å². The minimum absolute atomic E-state index is 0.180. The molecule has 0 fully saturated rings. The van der Waals surface area contributed by atoms with Crippen molar-refractivity contribution in [2.75, 3.05) is 13.7 Å². The van der Waals surface area contributed by atoms with E-state index in [-0.39, 0.29) is 6.61 Å². The number of methoxy groups -OCH3 is 1. The maximum Gasteiger partial charge on any atom is 0.343 e. The average Bonchev–Trinajstić information content (AvgIpc) is 2.96. The molecule has 0 aliphatic heterocycles. The van der Waals surface area contributed by atoms with Crippen LogP contribution < -0.4 is 19.6 Å². The van der Waals surface area contributed by atoms with E-state index in [4.69, 9.17) is 14.2 Å². The molecule has 4 aromatic rings. The van der Waals surface area contributed by atoms with Crippen LogP contribution in [0.5, 0.6) is 17.2 Å². The van der Waals surface area contributed by atoms with Crippen LogP contribution in [0.25, 0.3) is 10.8 Å². The van der Waals surface area contributed by atoms with Crippen molar-refractivity contribution >= 4 is 28.9 Å². The predicted octanol–water partition coefficient (Wildman–Crippen LogP) is 5.94. The predicted molar refractivity (Wildman–Crippen MR) is 148 cm³/mol. The third-order valence-corrected chi connectivity index (χ3v) is 5.95. The van der Waals surface area contributed by atoms with Crippen LogP contribution in [0, 0.1) is 0 Å². The summed E-state index contributed by atoms with van der Waals surface area (Å²) < 4.78 is 16.4. The van der Waals surface area contributed by atoms with Gasteiger partial charge in [-0.15, -0.1) is 0 Å². The number of fused-ring (bicyclic) bond motifs is 1. The molecule has 0 aromatic heterocycles. The fourth-order valence-electron chi connectivity index (χ4n) is 3.87.